The minimum absolute atomic E-state index is 1.22. The van der Waals surface area contributed by atoms with Gasteiger partial charge in [-0.3, -0.25) is 0 Å². The van der Waals surface area contributed by atoms with E-state index in [4.69, 9.17) is 0 Å². The van der Waals surface area contributed by atoms with E-state index in [9.17, 15) is 0 Å². The van der Waals surface area contributed by atoms with Crippen LogP contribution < -0.4 is 0 Å². The van der Waals surface area contributed by atoms with Crippen molar-refractivity contribution in [2.45, 2.75) is 0 Å². The summed E-state index contributed by atoms with van der Waals surface area (Å²) in [6.45, 7) is 0. The van der Waals surface area contributed by atoms with Gasteiger partial charge in [0.15, 0.2) is 0 Å². The highest BCUT2D eigenvalue weighted by molar-refractivity contribution is 7.27. The van der Waals surface area contributed by atoms with Crippen LogP contribution in [0.25, 0.3) is 101 Å². The van der Waals surface area contributed by atoms with Crippen LogP contribution in [0.5, 0.6) is 0 Å². The molecule has 3 heterocycles. The van der Waals surface area contributed by atoms with Crippen molar-refractivity contribution >= 4 is 84.8 Å². The number of fused-ring (bicyclic) bond motifs is 9. The second-order valence-corrected chi connectivity index (χ2v) is 15.4. The largest absolute Gasteiger partial charge is 0.308 e. The molecule has 0 spiro atoms. The average molecular weight is 684 g/mol. The number of rotatable bonds is 4. The molecule has 0 atom stereocenters. The van der Waals surface area contributed by atoms with Gasteiger partial charge in [-0.05, 0) is 69.8 Å². The smallest absolute Gasteiger partial charge is 0.0640 e. The van der Waals surface area contributed by atoms with Crippen molar-refractivity contribution in [1.82, 2.24) is 4.57 Å². The highest BCUT2D eigenvalue weighted by Gasteiger charge is 2.21. The molecule has 11 rings (SSSR count). The molecule has 0 saturated heterocycles. The van der Waals surface area contributed by atoms with Crippen molar-refractivity contribution in [3.63, 3.8) is 0 Å². The van der Waals surface area contributed by atoms with E-state index in [-0.39, 0.29) is 0 Å². The zero-order valence-electron chi connectivity index (χ0n) is 27.5. The molecule has 0 saturated carbocycles. The second-order valence-electron chi connectivity index (χ2n) is 13.2. The first-order chi connectivity index (χ1) is 25.3. The molecule has 3 heteroatoms. The van der Waals surface area contributed by atoms with E-state index >= 15 is 0 Å². The lowest BCUT2D eigenvalue weighted by atomic mass is 9.94. The summed E-state index contributed by atoms with van der Waals surface area (Å²) in [5, 5.41) is 7.81. The maximum Gasteiger partial charge on any atom is 0.0640 e. The number of benzene rings is 8. The Morgan fingerprint density at radius 2 is 1.00 bits per heavy atom. The second kappa shape index (κ2) is 11.3. The maximum atomic E-state index is 2.50. The zero-order chi connectivity index (χ0) is 33.5. The van der Waals surface area contributed by atoms with Crippen LogP contribution in [0, 0.1) is 0 Å². The van der Waals surface area contributed by atoms with Crippen LogP contribution in [0.4, 0.5) is 0 Å². The Morgan fingerprint density at radius 1 is 0.333 bits per heavy atom. The van der Waals surface area contributed by atoms with Gasteiger partial charge < -0.3 is 4.57 Å². The first-order valence-electron chi connectivity index (χ1n) is 17.3. The van der Waals surface area contributed by atoms with Crippen LogP contribution in [-0.2, 0) is 0 Å². The molecule has 0 fully saturated rings. The van der Waals surface area contributed by atoms with Crippen LogP contribution in [0.1, 0.15) is 0 Å². The predicted molar refractivity (Wildman–Crippen MR) is 223 cm³/mol. The Kier molecular flexibility index (Phi) is 6.36. The van der Waals surface area contributed by atoms with Gasteiger partial charge in [-0.25, -0.2) is 0 Å². The molecular formula is C48H29NS2. The quantitative estimate of drug-likeness (QED) is 0.174. The Morgan fingerprint density at radius 3 is 1.86 bits per heavy atom. The number of thiophene rings is 2. The third-order valence-corrected chi connectivity index (χ3v) is 12.8. The van der Waals surface area contributed by atoms with Crippen LogP contribution >= 0.6 is 22.7 Å². The van der Waals surface area contributed by atoms with Gasteiger partial charge in [0.2, 0.25) is 0 Å². The lowest BCUT2D eigenvalue weighted by Gasteiger charge is -2.11. The summed E-state index contributed by atoms with van der Waals surface area (Å²) in [6.07, 6.45) is 0. The van der Waals surface area contributed by atoms with Crippen molar-refractivity contribution in [2.75, 3.05) is 0 Å². The predicted octanol–water partition coefficient (Wildman–Crippen LogP) is 14.5. The number of aromatic nitrogens is 1. The minimum atomic E-state index is 1.22. The molecule has 0 unspecified atom stereocenters. The van der Waals surface area contributed by atoms with Crippen molar-refractivity contribution in [3.8, 4) is 39.1 Å². The summed E-state index contributed by atoms with van der Waals surface area (Å²) in [4.78, 5) is 0. The van der Waals surface area contributed by atoms with E-state index in [1.54, 1.807) is 0 Å². The molecule has 0 N–H and O–H groups in total. The van der Waals surface area contributed by atoms with Gasteiger partial charge in [-0.15, -0.1) is 22.7 Å². The van der Waals surface area contributed by atoms with Gasteiger partial charge in [0.1, 0.15) is 0 Å². The monoisotopic (exact) mass is 683 g/mol. The topological polar surface area (TPSA) is 4.93 Å². The molecule has 51 heavy (non-hydrogen) atoms. The number of nitrogens with zero attached hydrogens (tertiary/aromatic N) is 1. The fraction of sp³-hybridized carbons (Fsp3) is 0. The third-order valence-electron chi connectivity index (χ3n) is 10.4. The van der Waals surface area contributed by atoms with Gasteiger partial charge in [-0.2, -0.15) is 0 Å². The van der Waals surface area contributed by atoms with Gasteiger partial charge in [-0.1, -0.05) is 140 Å². The van der Waals surface area contributed by atoms with E-state index in [0.717, 1.165) is 0 Å². The average Bonchev–Trinajstić information content (AvgIpc) is 3.88. The Balaban J connectivity index is 1.23. The molecule has 238 valence electrons. The molecule has 0 aliphatic rings. The van der Waals surface area contributed by atoms with Gasteiger partial charge in [0.05, 0.1) is 21.4 Å². The highest BCUT2D eigenvalue weighted by Crippen LogP contribution is 2.48. The first-order valence-corrected chi connectivity index (χ1v) is 19.0. The van der Waals surface area contributed by atoms with Crippen LogP contribution in [-0.4, -0.2) is 4.57 Å². The number of hydrogen-bond donors (Lipinski definition) is 0. The Bertz CT molecular complexity index is 3130. The third kappa shape index (κ3) is 4.39. The summed E-state index contributed by atoms with van der Waals surface area (Å²) in [7, 11) is 0. The lowest BCUT2D eigenvalue weighted by Crippen LogP contribution is -1.94. The van der Waals surface area contributed by atoms with Crippen molar-refractivity contribution in [3.05, 3.63) is 176 Å². The molecule has 0 aliphatic carbocycles. The Hall–Kier alpha value is -6.00. The fourth-order valence-corrected chi connectivity index (χ4v) is 10.5. The summed E-state index contributed by atoms with van der Waals surface area (Å²) in [5.74, 6) is 0. The van der Waals surface area contributed by atoms with Gasteiger partial charge >= 0.3 is 0 Å². The summed E-state index contributed by atoms with van der Waals surface area (Å²) < 4.78 is 7.78. The first kappa shape index (κ1) is 28.8. The summed E-state index contributed by atoms with van der Waals surface area (Å²) in [6, 6.07) is 64.8. The summed E-state index contributed by atoms with van der Waals surface area (Å²) in [5.41, 5.74) is 11.2. The summed E-state index contributed by atoms with van der Waals surface area (Å²) >= 11 is 3.80. The molecule has 0 bridgehead atoms. The maximum absolute atomic E-state index is 2.50. The van der Waals surface area contributed by atoms with E-state index in [2.05, 4.69) is 180 Å². The fourth-order valence-electron chi connectivity index (χ4n) is 8.08. The van der Waals surface area contributed by atoms with Crippen molar-refractivity contribution in [2.24, 2.45) is 0 Å². The molecule has 11 aromatic rings. The molecule has 8 aromatic carbocycles. The molecule has 3 aromatic heterocycles. The van der Waals surface area contributed by atoms with E-state index in [0.29, 0.717) is 0 Å². The van der Waals surface area contributed by atoms with Crippen LogP contribution in [0.3, 0.4) is 0 Å². The molecule has 0 amide bonds. The number of para-hydroxylation sites is 1. The lowest BCUT2D eigenvalue weighted by molar-refractivity contribution is 1.20. The van der Waals surface area contributed by atoms with E-state index < -0.39 is 0 Å². The molecule has 1 nitrogen and oxygen atoms in total. The van der Waals surface area contributed by atoms with Gasteiger partial charge in [0, 0.05) is 46.4 Å². The van der Waals surface area contributed by atoms with E-state index in [1.807, 2.05) is 22.7 Å². The molecular weight excluding hydrogens is 655 g/mol. The number of hydrogen-bond acceptors (Lipinski definition) is 2. The van der Waals surface area contributed by atoms with Gasteiger partial charge in [0.25, 0.3) is 0 Å². The van der Waals surface area contributed by atoms with E-state index in [1.165, 1.54) is 101 Å². The standard InChI is InChI=1S/C48H29NS2/c1-3-12-30(13-4-1)32-22-24-37-36-16-7-9-19-41(36)49(43(37)29-32)42-20-11-18-39-46-34(25-26-35(48(46)51-47(39)42)31-14-5-2-6-15-31)33-23-27-45-40(28-33)38-17-8-10-21-44(38)50-45/h1-29H. The Labute approximate surface area is 302 Å². The van der Waals surface area contributed by atoms with Crippen molar-refractivity contribution < 1.29 is 0 Å². The van der Waals surface area contributed by atoms with Crippen molar-refractivity contribution in [1.29, 1.82) is 0 Å². The zero-order valence-corrected chi connectivity index (χ0v) is 29.1. The molecule has 0 aliphatic heterocycles. The SMILES string of the molecule is c1ccc(-c2ccc3c4ccccc4n(-c4cccc5c4sc4c(-c6ccccc6)ccc(-c6ccc7sc8ccccc8c7c6)c45)c3c2)cc1. The molecule has 0 radical (unpaired) electrons. The van der Waals surface area contributed by atoms with Crippen LogP contribution in [0.15, 0.2) is 176 Å². The highest BCUT2D eigenvalue weighted by atomic mass is 32.1. The minimum Gasteiger partial charge on any atom is -0.308 e. The van der Waals surface area contributed by atoms with Crippen LogP contribution in [0.2, 0.25) is 0 Å². The normalized spacial score (nSPS) is 11.9.